The minimum absolute atomic E-state index is 0. The average Bonchev–Trinajstić information content (AvgIpc) is 1.99. The van der Waals surface area contributed by atoms with Crippen LogP contribution < -0.4 is 0 Å². The van der Waals surface area contributed by atoms with Gasteiger partial charge in [0, 0.05) is 6.08 Å². The summed E-state index contributed by atoms with van der Waals surface area (Å²) in [7, 11) is 0. The van der Waals surface area contributed by atoms with Crippen LogP contribution >= 0.6 is 0 Å². The Labute approximate surface area is 101 Å². The second kappa shape index (κ2) is 12.0. The molecule has 0 atom stereocenters. The molecular weight excluding hydrogens is 200 g/mol. The van der Waals surface area contributed by atoms with Gasteiger partial charge in [0.05, 0.1) is 0 Å². The molecule has 0 heterocycles. The van der Waals surface area contributed by atoms with Gasteiger partial charge in [-0.15, -0.1) is 0 Å². The quantitative estimate of drug-likeness (QED) is 0.569. The van der Waals surface area contributed by atoms with Gasteiger partial charge in [-0.2, -0.15) is 0 Å². The molecule has 0 aromatic heterocycles. The zero-order chi connectivity index (χ0) is 12.4. The first-order valence-corrected chi connectivity index (χ1v) is 5.31. The summed E-state index contributed by atoms with van der Waals surface area (Å²) in [5, 5.41) is 8.08. The van der Waals surface area contributed by atoms with Crippen molar-refractivity contribution in [3.8, 4) is 0 Å². The van der Waals surface area contributed by atoms with Gasteiger partial charge in [0.25, 0.3) is 0 Å². The summed E-state index contributed by atoms with van der Waals surface area (Å²) in [5.74, 6) is 0.162. The summed E-state index contributed by atoms with van der Waals surface area (Å²) in [6.45, 7) is 12.5. The number of allylic oxidation sites excluding steroid dienone is 3. The number of aliphatic carboxylic acids is 1. The maximum atomic E-state index is 9.82. The van der Waals surface area contributed by atoms with Crippen LogP contribution in [-0.2, 0) is 4.79 Å². The zero-order valence-electron chi connectivity index (χ0n) is 10.7. The molecule has 0 saturated heterocycles. The Bertz CT molecular complexity index is 219. The molecule has 0 aliphatic heterocycles. The molecule has 0 rings (SSSR count). The highest BCUT2D eigenvalue weighted by Crippen LogP contribution is 1.98. The fourth-order valence-electron chi connectivity index (χ4n) is 0.941. The lowest BCUT2D eigenvalue weighted by Crippen LogP contribution is -1.87. The van der Waals surface area contributed by atoms with Crippen LogP contribution in [0.1, 0.15) is 49.0 Å². The summed E-state index contributed by atoms with van der Waals surface area (Å²) in [6, 6.07) is 0. The predicted octanol–water partition coefficient (Wildman–Crippen LogP) is 4.53. The minimum Gasteiger partial charge on any atom is -0.478 e. The van der Waals surface area contributed by atoms with E-state index in [1.54, 1.807) is 6.08 Å². The Morgan fingerprint density at radius 2 is 1.50 bits per heavy atom. The molecule has 2 heteroatoms. The summed E-state index contributed by atoms with van der Waals surface area (Å²) in [6.07, 6.45) is 5.05. The van der Waals surface area contributed by atoms with Gasteiger partial charge in [-0.25, -0.2) is 4.79 Å². The van der Waals surface area contributed by atoms with Gasteiger partial charge in [-0.3, -0.25) is 0 Å². The van der Waals surface area contributed by atoms with Crippen LogP contribution in [0, 0.1) is 11.8 Å². The van der Waals surface area contributed by atoms with Crippen LogP contribution in [0.25, 0.3) is 0 Å². The Morgan fingerprint density at radius 1 is 1.06 bits per heavy atom. The molecule has 0 aliphatic carbocycles. The number of hydrogen-bond acceptors (Lipinski definition) is 1. The first-order valence-electron chi connectivity index (χ1n) is 5.31. The van der Waals surface area contributed by atoms with E-state index in [4.69, 9.17) is 5.11 Å². The molecule has 0 bridgehead atoms. The fourth-order valence-corrected chi connectivity index (χ4v) is 0.941. The second-order valence-corrected chi connectivity index (χ2v) is 4.43. The van der Waals surface area contributed by atoms with E-state index in [0.29, 0.717) is 11.8 Å². The predicted molar refractivity (Wildman–Crippen MR) is 72.6 cm³/mol. The Morgan fingerprint density at radius 3 is 1.56 bits per heavy atom. The lowest BCUT2D eigenvalue weighted by Gasteiger charge is -1.93. The zero-order valence-corrected chi connectivity index (χ0v) is 10.7. The molecule has 0 unspecified atom stereocenters. The summed E-state index contributed by atoms with van der Waals surface area (Å²) < 4.78 is 0. The summed E-state index contributed by atoms with van der Waals surface area (Å²) in [5.41, 5.74) is 1.41. The Hall–Kier alpha value is -1.05. The second-order valence-electron chi connectivity index (χ2n) is 4.43. The molecule has 0 aromatic rings. The molecule has 0 aliphatic rings. The molecule has 16 heavy (non-hydrogen) atoms. The van der Waals surface area contributed by atoms with Gasteiger partial charge in [-0.05, 0) is 25.7 Å². The number of hydrogen-bond donors (Lipinski definition) is 1. The van der Waals surface area contributed by atoms with E-state index in [-0.39, 0.29) is 7.43 Å². The van der Waals surface area contributed by atoms with Crippen molar-refractivity contribution in [2.75, 3.05) is 0 Å². The van der Waals surface area contributed by atoms with Gasteiger partial charge in [0.15, 0.2) is 0 Å². The number of carboxylic acid groups (broad SMARTS) is 1. The summed E-state index contributed by atoms with van der Waals surface area (Å²) in [4.78, 5) is 9.82. The summed E-state index contributed by atoms with van der Waals surface area (Å²) >= 11 is 0. The highest BCUT2D eigenvalue weighted by molar-refractivity contribution is 5.79. The van der Waals surface area contributed by atoms with Crippen molar-refractivity contribution in [1.29, 1.82) is 0 Å². The van der Waals surface area contributed by atoms with Crippen LogP contribution in [-0.4, -0.2) is 11.1 Å². The van der Waals surface area contributed by atoms with E-state index >= 15 is 0 Å². The average molecular weight is 228 g/mol. The first kappa shape index (κ1) is 20.4. The topological polar surface area (TPSA) is 37.3 Å². The number of rotatable bonds is 3. The lowest BCUT2D eigenvalue weighted by atomic mass is 10.1. The van der Waals surface area contributed by atoms with Crippen LogP contribution in [0.3, 0.4) is 0 Å². The van der Waals surface area contributed by atoms with Crippen molar-refractivity contribution in [3.05, 3.63) is 23.8 Å². The van der Waals surface area contributed by atoms with E-state index in [1.165, 1.54) is 5.57 Å². The van der Waals surface area contributed by atoms with Gasteiger partial charge in [0.1, 0.15) is 0 Å². The van der Waals surface area contributed by atoms with Crippen LogP contribution in [0.15, 0.2) is 23.8 Å². The van der Waals surface area contributed by atoms with E-state index < -0.39 is 5.97 Å². The Kier molecular flexibility index (Phi) is 15.3. The SMILES string of the molecule is C.CC(C)/C=C/C(=O)O.CC(C)=CC(C)C. The van der Waals surface area contributed by atoms with E-state index in [9.17, 15) is 4.79 Å². The molecule has 1 N–H and O–H groups in total. The molecule has 2 nitrogen and oxygen atoms in total. The fraction of sp³-hybridized carbons (Fsp3) is 0.643. The van der Waals surface area contributed by atoms with Crippen molar-refractivity contribution in [1.82, 2.24) is 0 Å². The van der Waals surface area contributed by atoms with Crippen molar-refractivity contribution >= 4 is 5.97 Å². The maximum Gasteiger partial charge on any atom is 0.327 e. The van der Waals surface area contributed by atoms with Crippen molar-refractivity contribution in [2.24, 2.45) is 11.8 Å². The molecule has 0 fully saturated rings. The monoisotopic (exact) mass is 228 g/mol. The highest BCUT2D eigenvalue weighted by atomic mass is 16.4. The molecule has 0 radical (unpaired) electrons. The van der Waals surface area contributed by atoms with Crippen LogP contribution in [0.5, 0.6) is 0 Å². The lowest BCUT2D eigenvalue weighted by molar-refractivity contribution is -0.131. The van der Waals surface area contributed by atoms with Crippen LogP contribution in [0.4, 0.5) is 0 Å². The largest absolute Gasteiger partial charge is 0.478 e. The molecule has 0 aromatic carbocycles. The maximum absolute atomic E-state index is 9.82. The number of carboxylic acids is 1. The number of carbonyl (C=O) groups is 1. The third-order valence-corrected chi connectivity index (χ3v) is 1.29. The van der Waals surface area contributed by atoms with Gasteiger partial charge in [-0.1, -0.05) is 52.8 Å². The molecule has 0 amide bonds. The first-order chi connectivity index (χ1) is 6.75. The van der Waals surface area contributed by atoms with Gasteiger partial charge in [0.2, 0.25) is 0 Å². The third-order valence-electron chi connectivity index (χ3n) is 1.29. The molecule has 0 spiro atoms. The van der Waals surface area contributed by atoms with Gasteiger partial charge >= 0.3 is 5.97 Å². The van der Waals surface area contributed by atoms with Crippen molar-refractivity contribution < 1.29 is 9.90 Å². The van der Waals surface area contributed by atoms with E-state index in [0.717, 1.165) is 6.08 Å². The van der Waals surface area contributed by atoms with Crippen molar-refractivity contribution in [2.45, 2.75) is 49.0 Å². The molecular formula is C14H28O2. The Balaban J connectivity index is -0.000000200. The highest BCUT2D eigenvalue weighted by Gasteiger charge is 1.86. The third kappa shape index (κ3) is 29.3. The van der Waals surface area contributed by atoms with Crippen molar-refractivity contribution in [3.63, 3.8) is 0 Å². The molecule has 0 saturated carbocycles. The smallest absolute Gasteiger partial charge is 0.327 e. The normalized spacial score (nSPS) is 9.50. The standard InChI is InChI=1S/C7H14.C6H10O2.CH4/c1-6(2)5-7(3)4;1-5(2)3-4-6(7)8;/h5-6H,1-4H3;3-5H,1-2H3,(H,7,8);1H4/b;4-3+;. The van der Waals surface area contributed by atoms with E-state index in [1.807, 2.05) is 13.8 Å². The van der Waals surface area contributed by atoms with Gasteiger partial charge < -0.3 is 5.11 Å². The minimum atomic E-state index is -0.876. The van der Waals surface area contributed by atoms with E-state index in [2.05, 4.69) is 33.8 Å². The van der Waals surface area contributed by atoms with Crippen LogP contribution in [0.2, 0.25) is 0 Å². The molecule has 96 valence electrons.